The van der Waals surface area contributed by atoms with E-state index >= 15 is 0 Å². The number of hydrogen-bond acceptors (Lipinski definition) is 3. The van der Waals surface area contributed by atoms with Crippen molar-refractivity contribution in [1.82, 2.24) is 4.90 Å². The molecule has 22 heavy (non-hydrogen) atoms. The van der Waals surface area contributed by atoms with Gasteiger partial charge >= 0.3 is 6.18 Å². The highest BCUT2D eigenvalue weighted by Crippen LogP contribution is 2.40. The number of anilines is 1. The van der Waals surface area contributed by atoms with Crippen LogP contribution >= 0.6 is 0 Å². The van der Waals surface area contributed by atoms with Crippen molar-refractivity contribution < 1.29 is 22.7 Å². The number of methoxy groups -OCH3 is 1. The molecule has 2 rings (SSSR count). The molecule has 1 fully saturated rings. The van der Waals surface area contributed by atoms with E-state index in [0.29, 0.717) is 5.69 Å². The molecule has 0 spiro atoms. The van der Waals surface area contributed by atoms with Gasteiger partial charge in [0.1, 0.15) is 0 Å². The lowest BCUT2D eigenvalue weighted by molar-refractivity contribution is -0.309. The summed E-state index contributed by atoms with van der Waals surface area (Å²) < 4.78 is 43.2. The average Bonchev–Trinajstić information content (AvgIpc) is 2.36. The van der Waals surface area contributed by atoms with Crippen LogP contribution < -0.4 is 5.32 Å². The molecule has 1 aliphatic rings. The molecule has 1 N–H and O–H groups in total. The number of amides is 1. The number of benzene rings is 1. The van der Waals surface area contributed by atoms with Crippen LogP contribution in [0.4, 0.5) is 18.9 Å². The second-order valence-corrected chi connectivity index (χ2v) is 5.71. The summed E-state index contributed by atoms with van der Waals surface area (Å²) in [5.41, 5.74) is 0.441. The van der Waals surface area contributed by atoms with Crippen LogP contribution in [0.5, 0.6) is 0 Å². The van der Waals surface area contributed by atoms with Gasteiger partial charge in [0, 0.05) is 25.9 Å². The van der Waals surface area contributed by atoms with Crippen molar-refractivity contribution in [3.05, 3.63) is 29.3 Å². The van der Waals surface area contributed by atoms with Gasteiger partial charge in [0.05, 0.1) is 6.54 Å². The first-order valence-electron chi connectivity index (χ1n) is 6.88. The fraction of sp³-hybridized carbons (Fsp3) is 0.533. The molecular weight excluding hydrogens is 297 g/mol. The van der Waals surface area contributed by atoms with E-state index in [1.807, 2.05) is 32.0 Å². The topological polar surface area (TPSA) is 41.6 Å². The van der Waals surface area contributed by atoms with Crippen LogP contribution in [0.3, 0.4) is 0 Å². The van der Waals surface area contributed by atoms with Gasteiger partial charge < -0.3 is 10.1 Å². The molecule has 1 heterocycles. The number of carbonyl (C=O) groups excluding carboxylic acids is 1. The Balaban J connectivity index is 1.91. The van der Waals surface area contributed by atoms with Gasteiger partial charge in [-0.05, 0) is 31.0 Å². The number of carbonyl (C=O) groups is 1. The Bertz CT molecular complexity index is 566. The number of nitrogens with zero attached hydrogens (tertiary/aromatic N) is 1. The van der Waals surface area contributed by atoms with E-state index in [9.17, 15) is 18.0 Å². The third kappa shape index (κ3) is 3.25. The molecule has 0 radical (unpaired) electrons. The smallest absolute Gasteiger partial charge is 0.366 e. The number of hydrogen-bond donors (Lipinski definition) is 1. The van der Waals surface area contributed by atoms with Crippen molar-refractivity contribution in [2.75, 3.05) is 32.1 Å². The molecule has 0 atom stereocenters. The van der Waals surface area contributed by atoms with Crippen LogP contribution in [0.15, 0.2) is 18.2 Å². The lowest BCUT2D eigenvalue weighted by atomic mass is 9.93. The Morgan fingerprint density at radius 3 is 2.55 bits per heavy atom. The van der Waals surface area contributed by atoms with E-state index in [2.05, 4.69) is 10.1 Å². The predicted molar refractivity (Wildman–Crippen MR) is 76.8 cm³/mol. The van der Waals surface area contributed by atoms with E-state index in [1.165, 1.54) is 4.90 Å². The van der Waals surface area contributed by atoms with Crippen LogP contribution in [-0.4, -0.2) is 49.3 Å². The average molecular weight is 316 g/mol. The Morgan fingerprint density at radius 1 is 1.36 bits per heavy atom. The standard InChI is InChI=1S/C15H19F3N2O2/c1-10-4-5-11(2)12(6-10)19-13(21)7-20-8-14(9-20,22-3)15(16,17)18/h4-6H,7-9H2,1-3H3,(H,19,21). The van der Waals surface area contributed by atoms with Gasteiger partial charge in [-0.2, -0.15) is 13.2 Å². The third-order valence-corrected chi connectivity index (χ3v) is 3.90. The second-order valence-electron chi connectivity index (χ2n) is 5.71. The molecule has 1 saturated heterocycles. The number of rotatable bonds is 4. The lowest BCUT2D eigenvalue weighted by Gasteiger charge is -2.49. The SMILES string of the molecule is COC1(C(F)(F)F)CN(CC(=O)Nc2cc(C)ccc2C)C1. The van der Waals surface area contributed by atoms with E-state index in [-0.39, 0.29) is 25.5 Å². The van der Waals surface area contributed by atoms with Gasteiger partial charge in [-0.15, -0.1) is 0 Å². The largest absolute Gasteiger partial charge is 0.419 e. The Labute approximate surface area is 127 Å². The summed E-state index contributed by atoms with van der Waals surface area (Å²) >= 11 is 0. The molecule has 0 unspecified atom stereocenters. The Hall–Kier alpha value is -1.60. The minimum absolute atomic E-state index is 0.0887. The molecule has 7 heteroatoms. The quantitative estimate of drug-likeness (QED) is 0.928. The summed E-state index contributed by atoms with van der Waals surface area (Å²) in [4.78, 5) is 13.4. The van der Waals surface area contributed by atoms with Gasteiger partial charge in [0.15, 0.2) is 5.60 Å². The van der Waals surface area contributed by atoms with Crippen LogP contribution in [-0.2, 0) is 9.53 Å². The first-order chi connectivity index (χ1) is 10.2. The van der Waals surface area contributed by atoms with Crippen molar-refractivity contribution >= 4 is 11.6 Å². The van der Waals surface area contributed by atoms with E-state index in [1.54, 1.807) is 0 Å². The summed E-state index contributed by atoms with van der Waals surface area (Å²) in [7, 11) is 1.04. The molecule has 122 valence electrons. The highest BCUT2D eigenvalue weighted by Gasteiger charge is 2.62. The molecular formula is C15H19F3N2O2. The maximum Gasteiger partial charge on any atom is 0.419 e. The zero-order valence-corrected chi connectivity index (χ0v) is 12.8. The first kappa shape index (κ1) is 16.8. The molecule has 0 aromatic heterocycles. The number of halogens is 3. The maximum atomic E-state index is 12.9. The van der Waals surface area contributed by atoms with Gasteiger partial charge in [0.25, 0.3) is 0 Å². The van der Waals surface area contributed by atoms with Crippen molar-refractivity contribution in [2.24, 2.45) is 0 Å². The van der Waals surface area contributed by atoms with Crippen LogP contribution in [0.2, 0.25) is 0 Å². The minimum Gasteiger partial charge on any atom is -0.366 e. The summed E-state index contributed by atoms with van der Waals surface area (Å²) in [6.07, 6.45) is -4.43. The molecule has 1 aromatic carbocycles. The molecule has 1 amide bonds. The summed E-state index contributed by atoms with van der Waals surface area (Å²) in [5.74, 6) is -0.333. The fourth-order valence-electron chi connectivity index (χ4n) is 2.48. The van der Waals surface area contributed by atoms with Crippen molar-refractivity contribution in [1.29, 1.82) is 0 Å². The lowest BCUT2D eigenvalue weighted by Crippen LogP contribution is -2.70. The van der Waals surface area contributed by atoms with Crippen LogP contribution in [0.1, 0.15) is 11.1 Å². The molecule has 4 nitrogen and oxygen atoms in total. The summed E-state index contributed by atoms with van der Waals surface area (Å²) in [6, 6.07) is 5.64. The Morgan fingerprint density at radius 2 is 2.00 bits per heavy atom. The highest BCUT2D eigenvalue weighted by molar-refractivity contribution is 5.93. The fourth-order valence-corrected chi connectivity index (χ4v) is 2.48. The minimum atomic E-state index is -4.43. The van der Waals surface area contributed by atoms with Crippen molar-refractivity contribution in [3.63, 3.8) is 0 Å². The van der Waals surface area contributed by atoms with Crippen molar-refractivity contribution in [2.45, 2.75) is 25.6 Å². The molecule has 1 aromatic rings. The highest BCUT2D eigenvalue weighted by atomic mass is 19.4. The van der Waals surface area contributed by atoms with Crippen LogP contribution in [0.25, 0.3) is 0 Å². The van der Waals surface area contributed by atoms with Crippen molar-refractivity contribution in [3.8, 4) is 0 Å². The maximum absolute atomic E-state index is 12.9. The van der Waals surface area contributed by atoms with Gasteiger partial charge in [-0.25, -0.2) is 0 Å². The zero-order chi connectivity index (χ0) is 16.5. The monoisotopic (exact) mass is 316 g/mol. The number of likely N-dealkylation sites (tertiary alicyclic amines) is 1. The summed E-state index contributed by atoms with van der Waals surface area (Å²) in [5, 5.41) is 2.73. The van der Waals surface area contributed by atoms with Gasteiger partial charge in [-0.3, -0.25) is 9.69 Å². The molecule has 0 bridgehead atoms. The summed E-state index contributed by atoms with van der Waals surface area (Å²) in [6.45, 7) is 3.02. The molecule has 0 saturated carbocycles. The number of aryl methyl sites for hydroxylation is 2. The number of ether oxygens (including phenoxy) is 1. The molecule has 0 aliphatic carbocycles. The van der Waals surface area contributed by atoms with E-state index in [0.717, 1.165) is 18.2 Å². The molecule has 1 aliphatic heterocycles. The van der Waals surface area contributed by atoms with E-state index in [4.69, 9.17) is 0 Å². The first-order valence-corrected chi connectivity index (χ1v) is 6.88. The Kier molecular flexibility index (Phi) is 4.49. The van der Waals surface area contributed by atoms with Gasteiger partial charge in [0.2, 0.25) is 5.91 Å². The normalized spacial score (nSPS) is 17.9. The zero-order valence-electron chi connectivity index (χ0n) is 12.8. The third-order valence-electron chi connectivity index (χ3n) is 3.90. The number of alkyl halides is 3. The van der Waals surface area contributed by atoms with Gasteiger partial charge in [-0.1, -0.05) is 12.1 Å². The van der Waals surface area contributed by atoms with Crippen LogP contribution in [0, 0.1) is 13.8 Å². The second kappa shape index (κ2) is 5.89. The van der Waals surface area contributed by atoms with E-state index < -0.39 is 11.8 Å². The number of nitrogens with one attached hydrogen (secondary N) is 1. The predicted octanol–water partition coefficient (Wildman–Crippen LogP) is 2.51.